The first-order valence-electron chi connectivity index (χ1n) is 9.70. The molecule has 23 heavy (non-hydrogen) atoms. The lowest BCUT2D eigenvalue weighted by atomic mass is 10.1. The average molecular weight is 384 g/mol. The van der Waals surface area contributed by atoms with E-state index < -0.39 is 0 Å². The number of hydrogen-bond donors (Lipinski definition) is 0. The Morgan fingerprint density at radius 3 is 1.35 bits per heavy atom. The Hall–Kier alpha value is -0.340. The van der Waals surface area contributed by atoms with E-state index in [0.29, 0.717) is 0 Å². The number of unbranched alkanes of at least 4 members (excludes halogenated alkanes) is 6. The first kappa shape index (κ1) is 22.7. The lowest BCUT2D eigenvalue weighted by Gasteiger charge is -2.39. The van der Waals surface area contributed by atoms with Crippen LogP contribution in [0.4, 0.5) is 5.69 Å². The van der Waals surface area contributed by atoms with Crippen LogP contribution in [-0.2, 0) is 0 Å². The van der Waals surface area contributed by atoms with Crippen molar-refractivity contribution in [2.24, 2.45) is 0 Å². The molecule has 2 heteroatoms. The number of rotatable bonds is 13. The number of benzene rings is 1. The maximum Gasteiger partial charge on any atom is 0.132 e. The lowest BCUT2D eigenvalue weighted by Crippen LogP contribution is -3.00. The Bertz CT molecular complexity index is 337. The lowest BCUT2D eigenvalue weighted by molar-refractivity contribution is -0.00000487. The fraction of sp³-hybridized carbons (Fsp3) is 0.714. The number of hydrogen-bond acceptors (Lipinski definition) is 0. The van der Waals surface area contributed by atoms with Crippen LogP contribution in [0.5, 0.6) is 0 Å². The van der Waals surface area contributed by atoms with Gasteiger partial charge in [-0.3, -0.25) is 4.48 Å². The molecule has 0 aromatic heterocycles. The summed E-state index contributed by atoms with van der Waals surface area (Å²) in [7, 11) is 0. The van der Waals surface area contributed by atoms with Crippen LogP contribution < -0.4 is 21.5 Å². The van der Waals surface area contributed by atoms with Crippen LogP contribution >= 0.6 is 0 Å². The predicted molar refractivity (Wildman–Crippen MR) is 101 cm³/mol. The van der Waals surface area contributed by atoms with Gasteiger partial charge in [0.25, 0.3) is 0 Å². The van der Waals surface area contributed by atoms with Gasteiger partial charge in [-0.05, 0) is 50.7 Å². The van der Waals surface area contributed by atoms with Crippen molar-refractivity contribution in [1.82, 2.24) is 4.48 Å². The number of quaternary nitrogens is 1. The fourth-order valence-electron chi connectivity index (χ4n) is 3.46. The molecule has 1 aromatic rings. The summed E-state index contributed by atoms with van der Waals surface area (Å²) in [5.74, 6) is 0. The van der Waals surface area contributed by atoms with Crippen LogP contribution in [-0.4, -0.2) is 19.6 Å². The molecule has 1 aromatic carbocycles. The Morgan fingerprint density at radius 1 is 0.609 bits per heavy atom. The zero-order chi connectivity index (χ0) is 16.1. The van der Waals surface area contributed by atoms with Crippen LogP contribution in [0.15, 0.2) is 30.3 Å². The predicted octanol–water partition coefficient (Wildman–Crippen LogP) is 3.57. The molecule has 0 aliphatic heterocycles. The summed E-state index contributed by atoms with van der Waals surface area (Å²) in [6, 6.07) is 11.3. The minimum Gasteiger partial charge on any atom is -1.00 e. The standard InChI is InChI=1S/C21H38N.BrH/c1-4-7-13-18-22(19-14-8-5-2,20-15-9-6-3)21-16-11-10-12-17-21;/h10-12,16-17H,4-9,13-15,18-20H2,1-3H3;1H/q+1;/p-1. The van der Waals surface area contributed by atoms with Crippen molar-refractivity contribution in [2.45, 2.75) is 78.6 Å². The van der Waals surface area contributed by atoms with E-state index in [9.17, 15) is 0 Å². The van der Waals surface area contributed by atoms with E-state index in [4.69, 9.17) is 0 Å². The van der Waals surface area contributed by atoms with E-state index in [-0.39, 0.29) is 17.0 Å². The Balaban J connectivity index is 0.00000484. The molecular weight excluding hydrogens is 346 g/mol. The van der Waals surface area contributed by atoms with E-state index in [0.717, 1.165) is 0 Å². The molecule has 0 saturated heterocycles. The molecule has 0 saturated carbocycles. The van der Waals surface area contributed by atoms with Gasteiger partial charge >= 0.3 is 0 Å². The van der Waals surface area contributed by atoms with E-state index in [1.165, 1.54) is 81.9 Å². The first-order valence-corrected chi connectivity index (χ1v) is 9.70. The third kappa shape index (κ3) is 8.35. The maximum absolute atomic E-state index is 2.36. The molecule has 0 fully saturated rings. The van der Waals surface area contributed by atoms with Gasteiger partial charge in [0.1, 0.15) is 5.69 Å². The van der Waals surface area contributed by atoms with E-state index in [2.05, 4.69) is 51.1 Å². The van der Waals surface area contributed by atoms with E-state index in [1.807, 2.05) is 0 Å². The van der Waals surface area contributed by atoms with Gasteiger partial charge in [0.2, 0.25) is 0 Å². The second-order valence-corrected chi connectivity index (χ2v) is 6.77. The van der Waals surface area contributed by atoms with Crippen LogP contribution in [0.2, 0.25) is 0 Å². The molecule has 0 unspecified atom stereocenters. The molecule has 0 aliphatic rings. The zero-order valence-corrected chi connectivity index (χ0v) is 17.3. The molecule has 134 valence electrons. The molecule has 1 rings (SSSR count). The third-order valence-electron chi connectivity index (χ3n) is 4.87. The summed E-state index contributed by atoms with van der Waals surface area (Å²) in [4.78, 5) is 0. The van der Waals surface area contributed by atoms with E-state index in [1.54, 1.807) is 5.69 Å². The number of halogens is 1. The van der Waals surface area contributed by atoms with Crippen LogP contribution in [0.1, 0.15) is 78.6 Å². The minimum absolute atomic E-state index is 0. The van der Waals surface area contributed by atoms with Crippen molar-refractivity contribution in [3.05, 3.63) is 30.3 Å². The van der Waals surface area contributed by atoms with Gasteiger partial charge in [0, 0.05) is 0 Å². The highest BCUT2D eigenvalue weighted by Gasteiger charge is 2.28. The Labute approximate surface area is 155 Å². The molecule has 0 atom stereocenters. The van der Waals surface area contributed by atoms with Crippen LogP contribution in [0.3, 0.4) is 0 Å². The third-order valence-corrected chi connectivity index (χ3v) is 4.87. The van der Waals surface area contributed by atoms with Gasteiger partial charge in [-0.25, -0.2) is 0 Å². The van der Waals surface area contributed by atoms with Crippen molar-refractivity contribution < 1.29 is 17.0 Å². The zero-order valence-electron chi connectivity index (χ0n) is 15.7. The molecule has 0 amide bonds. The summed E-state index contributed by atoms with van der Waals surface area (Å²) in [6.07, 6.45) is 12.2. The van der Waals surface area contributed by atoms with Gasteiger partial charge in [-0.2, -0.15) is 0 Å². The SMILES string of the molecule is CCCCC[N+](CCCCC)(CCCCC)c1ccccc1.[Br-]. The van der Waals surface area contributed by atoms with Crippen molar-refractivity contribution >= 4 is 5.69 Å². The molecule has 0 N–H and O–H groups in total. The molecule has 0 bridgehead atoms. The molecule has 0 spiro atoms. The Morgan fingerprint density at radius 2 is 1.00 bits per heavy atom. The largest absolute Gasteiger partial charge is 1.00 e. The Kier molecular flexibility index (Phi) is 13.8. The number of nitrogens with zero attached hydrogens (tertiary/aromatic N) is 1. The summed E-state index contributed by atoms with van der Waals surface area (Å²) >= 11 is 0. The fourth-order valence-corrected chi connectivity index (χ4v) is 3.46. The second-order valence-electron chi connectivity index (χ2n) is 6.77. The summed E-state index contributed by atoms with van der Waals surface area (Å²) in [6.45, 7) is 10.9. The highest BCUT2D eigenvalue weighted by atomic mass is 79.9. The summed E-state index contributed by atoms with van der Waals surface area (Å²) < 4.78 is 1.22. The van der Waals surface area contributed by atoms with Crippen molar-refractivity contribution in [3.63, 3.8) is 0 Å². The van der Waals surface area contributed by atoms with Crippen molar-refractivity contribution in [1.29, 1.82) is 0 Å². The number of para-hydroxylation sites is 1. The average Bonchev–Trinajstić information content (AvgIpc) is 2.56. The molecule has 0 aliphatic carbocycles. The van der Waals surface area contributed by atoms with Crippen molar-refractivity contribution in [3.8, 4) is 0 Å². The highest BCUT2D eigenvalue weighted by molar-refractivity contribution is 5.42. The smallest absolute Gasteiger partial charge is 0.132 e. The van der Waals surface area contributed by atoms with Gasteiger partial charge in [0.15, 0.2) is 0 Å². The molecular formula is C21H38BrN. The summed E-state index contributed by atoms with van der Waals surface area (Å²) in [5, 5.41) is 0. The quantitative estimate of drug-likeness (QED) is 0.360. The van der Waals surface area contributed by atoms with Gasteiger partial charge in [-0.1, -0.05) is 58.2 Å². The maximum atomic E-state index is 2.36. The van der Waals surface area contributed by atoms with E-state index >= 15 is 0 Å². The minimum atomic E-state index is 0. The first-order chi connectivity index (χ1) is 10.8. The molecule has 1 nitrogen and oxygen atoms in total. The monoisotopic (exact) mass is 383 g/mol. The summed E-state index contributed by atoms with van der Waals surface area (Å²) in [5.41, 5.74) is 1.55. The normalized spacial score (nSPS) is 11.3. The topological polar surface area (TPSA) is 0 Å². The second kappa shape index (κ2) is 14.0. The van der Waals surface area contributed by atoms with Crippen LogP contribution in [0, 0.1) is 0 Å². The molecule has 0 radical (unpaired) electrons. The van der Waals surface area contributed by atoms with Gasteiger partial charge < -0.3 is 17.0 Å². The van der Waals surface area contributed by atoms with Gasteiger partial charge in [-0.15, -0.1) is 0 Å². The molecule has 0 heterocycles. The van der Waals surface area contributed by atoms with Crippen molar-refractivity contribution in [2.75, 3.05) is 19.6 Å². The van der Waals surface area contributed by atoms with Crippen LogP contribution in [0.25, 0.3) is 0 Å². The van der Waals surface area contributed by atoms with Gasteiger partial charge in [0.05, 0.1) is 19.6 Å². The highest BCUT2D eigenvalue weighted by Crippen LogP contribution is 2.26.